The summed E-state index contributed by atoms with van der Waals surface area (Å²) in [5, 5.41) is 3.14. The van der Waals surface area contributed by atoms with Crippen LogP contribution in [0.4, 0.5) is 0 Å². The van der Waals surface area contributed by atoms with Crippen molar-refractivity contribution in [2.75, 3.05) is 19.8 Å². The van der Waals surface area contributed by atoms with Crippen molar-refractivity contribution in [1.82, 2.24) is 15.1 Å². The Kier molecular flexibility index (Phi) is 3.83. The van der Waals surface area contributed by atoms with E-state index in [2.05, 4.69) is 46.3 Å². The summed E-state index contributed by atoms with van der Waals surface area (Å²) in [7, 11) is 0. The lowest BCUT2D eigenvalue weighted by atomic mass is 10.1. The molecule has 0 bridgehead atoms. The normalized spacial score (nSPS) is 20.9. The van der Waals surface area contributed by atoms with E-state index in [-0.39, 0.29) is 0 Å². The van der Waals surface area contributed by atoms with E-state index in [4.69, 9.17) is 5.73 Å². The van der Waals surface area contributed by atoms with Crippen molar-refractivity contribution in [2.24, 2.45) is 5.73 Å². The van der Waals surface area contributed by atoms with Crippen LogP contribution in [0.5, 0.6) is 0 Å². The van der Waals surface area contributed by atoms with Crippen molar-refractivity contribution >= 4 is 0 Å². The number of rotatable bonds is 4. The van der Waals surface area contributed by atoms with Gasteiger partial charge in [0.1, 0.15) is 5.82 Å². The zero-order chi connectivity index (χ0) is 13.9. The third-order valence-electron chi connectivity index (χ3n) is 4.34. The molecule has 4 nitrogen and oxygen atoms in total. The molecule has 1 aromatic rings. The van der Waals surface area contributed by atoms with E-state index in [1.165, 1.54) is 37.1 Å². The van der Waals surface area contributed by atoms with Crippen molar-refractivity contribution in [3.05, 3.63) is 47.4 Å². The van der Waals surface area contributed by atoms with Gasteiger partial charge in [0.25, 0.3) is 0 Å². The molecular weight excluding hydrogens is 248 g/mol. The van der Waals surface area contributed by atoms with E-state index in [1.54, 1.807) is 0 Å². The molecule has 20 heavy (non-hydrogen) atoms. The van der Waals surface area contributed by atoms with Crippen LogP contribution in [-0.2, 0) is 6.54 Å². The summed E-state index contributed by atoms with van der Waals surface area (Å²) in [5.41, 5.74) is 8.51. The largest absolute Gasteiger partial charge is 0.384 e. The topological polar surface area (TPSA) is 44.5 Å². The summed E-state index contributed by atoms with van der Waals surface area (Å²) >= 11 is 0. The predicted molar refractivity (Wildman–Crippen MR) is 81.5 cm³/mol. The molecule has 1 unspecified atom stereocenters. The number of likely N-dealkylation sites (tertiary alicyclic amines) is 1. The molecule has 2 aliphatic rings. The molecule has 0 radical (unpaired) electrons. The molecule has 108 valence electrons. The smallest absolute Gasteiger partial charge is 0.114 e. The lowest BCUT2D eigenvalue weighted by molar-refractivity contribution is 0.310. The van der Waals surface area contributed by atoms with E-state index in [0.29, 0.717) is 6.04 Å². The highest BCUT2D eigenvalue weighted by molar-refractivity contribution is 5.25. The van der Waals surface area contributed by atoms with Crippen molar-refractivity contribution in [2.45, 2.75) is 32.4 Å². The summed E-state index contributed by atoms with van der Waals surface area (Å²) in [4.78, 5) is 4.76. The number of nitrogens with two attached hydrogens (primary N) is 1. The first-order chi connectivity index (χ1) is 9.72. The van der Waals surface area contributed by atoms with Crippen LogP contribution in [0.1, 0.15) is 36.9 Å². The Balaban J connectivity index is 1.63. The molecule has 0 amide bonds. The van der Waals surface area contributed by atoms with Crippen molar-refractivity contribution in [1.29, 1.82) is 0 Å². The van der Waals surface area contributed by atoms with Gasteiger partial charge < -0.3 is 16.0 Å². The Labute approximate surface area is 121 Å². The fraction of sp³-hybridized carbons (Fsp3) is 0.500. The summed E-state index contributed by atoms with van der Waals surface area (Å²) in [5.74, 6) is 0.752. The van der Waals surface area contributed by atoms with Gasteiger partial charge in [0.05, 0.1) is 12.7 Å². The summed E-state index contributed by atoms with van der Waals surface area (Å²) in [6.07, 6.45) is 4.69. The maximum absolute atomic E-state index is 5.76. The van der Waals surface area contributed by atoms with Crippen molar-refractivity contribution in [3.8, 4) is 0 Å². The maximum atomic E-state index is 5.76. The van der Waals surface area contributed by atoms with Crippen LogP contribution in [0.15, 0.2) is 36.3 Å². The van der Waals surface area contributed by atoms with E-state index >= 15 is 0 Å². The average Bonchev–Trinajstić information content (AvgIpc) is 3.10. The van der Waals surface area contributed by atoms with E-state index in [1.807, 2.05) is 6.20 Å². The van der Waals surface area contributed by atoms with E-state index in [0.717, 1.165) is 19.0 Å². The Bertz CT molecular complexity index is 474. The third-order valence-corrected chi connectivity index (χ3v) is 4.34. The highest BCUT2D eigenvalue weighted by Crippen LogP contribution is 2.23. The van der Waals surface area contributed by atoms with Crippen molar-refractivity contribution < 1.29 is 0 Å². The summed E-state index contributed by atoms with van der Waals surface area (Å²) < 4.78 is 0. The molecule has 0 aliphatic carbocycles. The van der Waals surface area contributed by atoms with Crippen molar-refractivity contribution in [3.63, 3.8) is 0 Å². The molecule has 2 heterocycles. The molecule has 1 saturated heterocycles. The summed E-state index contributed by atoms with van der Waals surface area (Å²) in [6.45, 7) is 6.60. The van der Waals surface area contributed by atoms with Crippen LogP contribution in [-0.4, -0.2) is 29.6 Å². The zero-order valence-corrected chi connectivity index (χ0v) is 12.2. The first kappa shape index (κ1) is 13.3. The quantitative estimate of drug-likeness (QED) is 0.879. The standard InChI is InChI=1S/C16H24N4/c1-13(20-11-16(17)18-12-20)15-6-4-14(5-7-15)10-19-8-2-3-9-19/h4-7,11,13,18H,2-3,8-10,12,17H2,1H3. The highest BCUT2D eigenvalue weighted by Gasteiger charge is 2.17. The van der Waals surface area contributed by atoms with Gasteiger partial charge in [0, 0.05) is 12.7 Å². The minimum atomic E-state index is 0.351. The Hall–Kier alpha value is -1.68. The van der Waals surface area contributed by atoms with Gasteiger partial charge in [-0.2, -0.15) is 0 Å². The summed E-state index contributed by atoms with van der Waals surface area (Å²) in [6, 6.07) is 9.38. The lowest BCUT2D eigenvalue weighted by Crippen LogP contribution is -2.25. The SMILES string of the molecule is CC(c1ccc(CN2CCCC2)cc1)N1C=C(N)NC1. The van der Waals surface area contributed by atoms with Crippen LogP contribution in [0, 0.1) is 0 Å². The molecule has 0 saturated carbocycles. The van der Waals surface area contributed by atoms with Gasteiger partial charge >= 0.3 is 0 Å². The number of hydrogen-bond donors (Lipinski definition) is 2. The van der Waals surface area contributed by atoms with E-state index in [9.17, 15) is 0 Å². The number of benzene rings is 1. The monoisotopic (exact) mass is 272 g/mol. The van der Waals surface area contributed by atoms with Crippen LogP contribution >= 0.6 is 0 Å². The van der Waals surface area contributed by atoms with Gasteiger partial charge in [-0.25, -0.2) is 0 Å². The van der Waals surface area contributed by atoms with E-state index < -0.39 is 0 Å². The van der Waals surface area contributed by atoms with Gasteiger partial charge in [-0.1, -0.05) is 24.3 Å². The molecule has 3 rings (SSSR count). The fourth-order valence-corrected chi connectivity index (χ4v) is 2.99. The molecule has 0 spiro atoms. The van der Waals surface area contributed by atoms with Crippen LogP contribution in [0.3, 0.4) is 0 Å². The lowest BCUT2D eigenvalue weighted by Gasteiger charge is -2.24. The Morgan fingerprint density at radius 3 is 2.50 bits per heavy atom. The third kappa shape index (κ3) is 2.90. The second kappa shape index (κ2) is 5.75. The highest BCUT2D eigenvalue weighted by atomic mass is 15.3. The molecule has 0 aromatic heterocycles. The van der Waals surface area contributed by atoms with Gasteiger partial charge in [0.15, 0.2) is 0 Å². The number of nitrogens with zero attached hydrogens (tertiary/aromatic N) is 2. The molecule has 3 N–H and O–H groups in total. The first-order valence-corrected chi connectivity index (χ1v) is 7.50. The Morgan fingerprint density at radius 1 is 1.20 bits per heavy atom. The van der Waals surface area contributed by atoms with Gasteiger partial charge in [-0.15, -0.1) is 0 Å². The minimum absolute atomic E-state index is 0.351. The van der Waals surface area contributed by atoms with Gasteiger partial charge in [-0.05, 0) is 44.0 Å². The number of hydrogen-bond acceptors (Lipinski definition) is 4. The average molecular weight is 272 g/mol. The maximum Gasteiger partial charge on any atom is 0.114 e. The second-order valence-electron chi connectivity index (χ2n) is 5.83. The van der Waals surface area contributed by atoms with Gasteiger partial charge in [0.2, 0.25) is 0 Å². The predicted octanol–water partition coefficient (Wildman–Crippen LogP) is 1.96. The molecule has 1 fully saturated rings. The van der Waals surface area contributed by atoms with Crippen LogP contribution in [0.25, 0.3) is 0 Å². The van der Waals surface area contributed by atoms with Gasteiger partial charge in [-0.3, -0.25) is 4.90 Å². The molecule has 4 heteroatoms. The molecule has 2 aliphatic heterocycles. The fourth-order valence-electron chi connectivity index (χ4n) is 2.99. The van der Waals surface area contributed by atoms with Crippen LogP contribution < -0.4 is 11.1 Å². The Morgan fingerprint density at radius 2 is 1.90 bits per heavy atom. The molecule has 1 atom stereocenters. The number of nitrogens with one attached hydrogen (secondary N) is 1. The zero-order valence-electron chi connectivity index (χ0n) is 12.2. The second-order valence-corrected chi connectivity index (χ2v) is 5.83. The minimum Gasteiger partial charge on any atom is -0.384 e. The first-order valence-electron chi connectivity index (χ1n) is 7.50. The molecule has 1 aromatic carbocycles. The molecular formula is C16H24N4. The van der Waals surface area contributed by atoms with Crippen LogP contribution in [0.2, 0.25) is 0 Å².